The molecular weight excluding hydrogens is 340 g/mol. The van der Waals surface area contributed by atoms with Gasteiger partial charge in [-0.2, -0.15) is 0 Å². The van der Waals surface area contributed by atoms with Crippen LogP contribution in [0.25, 0.3) is 43.7 Å². The highest BCUT2D eigenvalue weighted by molar-refractivity contribution is 6.08. The van der Waals surface area contributed by atoms with E-state index in [0.29, 0.717) is 0 Å². The van der Waals surface area contributed by atoms with Crippen molar-refractivity contribution in [2.24, 2.45) is 0 Å². The first kappa shape index (κ1) is 16.9. The molecule has 4 aromatic carbocycles. The van der Waals surface area contributed by atoms with Gasteiger partial charge in [0, 0.05) is 16.4 Å². The molecule has 0 aliphatic rings. The van der Waals surface area contributed by atoms with Gasteiger partial charge in [0.2, 0.25) is 0 Å². The summed E-state index contributed by atoms with van der Waals surface area (Å²) in [4.78, 5) is 9.83. The van der Waals surface area contributed by atoms with Gasteiger partial charge in [-0.05, 0) is 33.7 Å². The fraction of sp³-hybridized carbons (Fsp3) is 0.154. The van der Waals surface area contributed by atoms with Gasteiger partial charge in [-0.15, -0.1) is 0 Å². The predicted octanol–water partition coefficient (Wildman–Crippen LogP) is 6.90. The van der Waals surface area contributed by atoms with E-state index in [2.05, 4.69) is 93.6 Å². The fourth-order valence-electron chi connectivity index (χ4n) is 3.79. The summed E-state index contributed by atoms with van der Waals surface area (Å²) < 4.78 is 0. The van der Waals surface area contributed by atoms with Crippen LogP contribution < -0.4 is 0 Å². The highest BCUT2D eigenvalue weighted by Gasteiger charge is 2.20. The average Bonchev–Trinajstić information content (AvgIpc) is 2.71. The van der Waals surface area contributed by atoms with Crippen molar-refractivity contribution < 1.29 is 0 Å². The summed E-state index contributed by atoms with van der Waals surface area (Å²) in [6.45, 7) is 6.48. The Bertz CT molecular complexity index is 1340. The lowest BCUT2D eigenvalue weighted by Gasteiger charge is -2.19. The molecule has 0 radical (unpaired) electrons. The molecule has 0 unspecified atom stereocenters. The second-order valence-electron chi connectivity index (χ2n) is 8.39. The van der Waals surface area contributed by atoms with E-state index < -0.39 is 0 Å². The Balaban J connectivity index is 1.80. The molecule has 0 aliphatic carbocycles. The quantitative estimate of drug-likeness (QED) is 0.303. The monoisotopic (exact) mass is 362 g/mol. The minimum absolute atomic E-state index is 0.105. The standard InChI is InChI=1S/C26H22N2/c1-26(2,3)25-27-23-11-7-6-10-22(23)24(28-25)19-14-15-21-18(16-19)13-12-17-8-4-5-9-20(17)21/h4-16H,1-3H3. The van der Waals surface area contributed by atoms with Crippen LogP contribution in [0.1, 0.15) is 26.6 Å². The summed E-state index contributed by atoms with van der Waals surface area (Å²) in [6.07, 6.45) is 0. The Morgan fingerprint density at radius 1 is 0.607 bits per heavy atom. The SMILES string of the molecule is CC(C)(C)c1nc(-c2ccc3c(ccc4ccccc43)c2)c2ccccc2n1. The van der Waals surface area contributed by atoms with Crippen molar-refractivity contribution in [2.45, 2.75) is 26.2 Å². The first-order valence-electron chi connectivity index (χ1n) is 9.70. The Labute approximate surface area is 164 Å². The number of para-hydroxylation sites is 1. The van der Waals surface area contributed by atoms with Crippen LogP contribution in [0.2, 0.25) is 0 Å². The minimum Gasteiger partial charge on any atom is -0.232 e. The second-order valence-corrected chi connectivity index (χ2v) is 8.39. The molecule has 0 aliphatic heterocycles. The third kappa shape index (κ3) is 2.73. The smallest absolute Gasteiger partial charge is 0.135 e. The highest BCUT2D eigenvalue weighted by Crippen LogP contribution is 2.33. The lowest BCUT2D eigenvalue weighted by atomic mass is 9.94. The molecule has 28 heavy (non-hydrogen) atoms. The summed E-state index contributed by atoms with van der Waals surface area (Å²) in [7, 11) is 0. The predicted molar refractivity (Wildman–Crippen MR) is 119 cm³/mol. The van der Waals surface area contributed by atoms with E-state index in [0.717, 1.165) is 28.0 Å². The van der Waals surface area contributed by atoms with Crippen LogP contribution in [0, 0.1) is 0 Å². The van der Waals surface area contributed by atoms with Crippen LogP contribution in [0.4, 0.5) is 0 Å². The van der Waals surface area contributed by atoms with E-state index in [4.69, 9.17) is 9.97 Å². The van der Waals surface area contributed by atoms with E-state index in [9.17, 15) is 0 Å². The van der Waals surface area contributed by atoms with Gasteiger partial charge in [-0.25, -0.2) is 9.97 Å². The number of nitrogens with zero attached hydrogens (tertiary/aromatic N) is 2. The van der Waals surface area contributed by atoms with Crippen LogP contribution in [0.3, 0.4) is 0 Å². The van der Waals surface area contributed by atoms with E-state index in [1.54, 1.807) is 0 Å². The van der Waals surface area contributed by atoms with E-state index in [1.165, 1.54) is 21.5 Å². The first-order valence-corrected chi connectivity index (χ1v) is 9.70. The molecule has 136 valence electrons. The van der Waals surface area contributed by atoms with Crippen LogP contribution in [0.15, 0.2) is 78.9 Å². The summed E-state index contributed by atoms with van der Waals surface area (Å²) in [6, 6.07) is 27.9. The number of rotatable bonds is 1. The van der Waals surface area contributed by atoms with Gasteiger partial charge in [0.15, 0.2) is 0 Å². The lowest BCUT2D eigenvalue weighted by Crippen LogP contribution is -2.16. The topological polar surface area (TPSA) is 25.8 Å². The summed E-state index contributed by atoms with van der Waals surface area (Å²) >= 11 is 0. The van der Waals surface area contributed by atoms with Crippen LogP contribution in [0.5, 0.6) is 0 Å². The molecule has 1 heterocycles. The van der Waals surface area contributed by atoms with Crippen molar-refractivity contribution in [3.8, 4) is 11.3 Å². The maximum atomic E-state index is 5.00. The Hall–Kier alpha value is -3.26. The molecule has 0 spiro atoms. The van der Waals surface area contributed by atoms with Crippen molar-refractivity contribution in [1.29, 1.82) is 0 Å². The van der Waals surface area contributed by atoms with Crippen LogP contribution in [-0.2, 0) is 5.41 Å². The summed E-state index contributed by atoms with van der Waals surface area (Å²) in [5.74, 6) is 0.875. The molecule has 0 saturated carbocycles. The minimum atomic E-state index is -0.105. The van der Waals surface area contributed by atoms with Crippen molar-refractivity contribution >= 4 is 32.4 Å². The van der Waals surface area contributed by atoms with E-state index >= 15 is 0 Å². The molecule has 0 atom stereocenters. The number of benzene rings is 4. The van der Waals surface area contributed by atoms with Gasteiger partial charge < -0.3 is 0 Å². The van der Waals surface area contributed by atoms with Crippen LogP contribution >= 0.6 is 0 Å². The lowest BCUT2D eigenvalue weighted by molar-refractivity contribution is 0.549. The van der Waals surface area contributed by atoms with Crippen molar-refractivity contribution in [3.05, 3.63) is 84.7 Å². The molecular formula is C26H22N2. The molecule has 2 nitrogen and oxygen atoms in total. The summed E-state index contributed by atoms with van der Waals surface area (Å²) in [5.41, 5.74) is 3.03. The molecule has 5 aromatic rings. The normalized spacial score (nSPS) is 12.1. The number of hydrogen-bond donors (Lipinski definition) is 0. The van der Waals surface area contributed by atoms with Crippen molar-refractivity contribution in [3.63, 3.8) is 0 Å². The third-order valence-corrected chi connectivity index (χ3v) is 5.29. The van der Waals surface area contributed by atoms with Gasteiger partial charge in [-0.1, -0.05) is 87.5 Å². The molecule has 2 heteroatoms. The Morgan fingerprint density at radius 3 is 2.11 bits per heavy atom. The molecule has 0 saturated heterocycles. The zero-order valence-corrected chi connectivity index (χ0v) is 16.4. The summed E-state index contributed by atoms with van der Waals surface area (Å²) in [5, 5.41) is 6.16. The first-order chi connectivity index (χ1) is 13.5. The molecule has 0 amide bonds. The second kappa shape index (κ2) is 6.13. The number of fused-ring (bicyclic) bond motifs is 4. The number of hydrogen-bond acceptors (Lipinski definition) is 2. The van der Waals surface area contributed by atoms with Crippen LogP contribution in [-0.4, -0.2) is 9.97 Å². The van der Waals surface area contributed by atoms with Crippen molar-refractivity contribution in [2.75, 3.05) is 0 Å². The molecule has 0 bridgehead atoms. The zero-order chi connectivity index (χ0) is 19.3. The van der Waals surface area contributed by atoms with E-state index in [-0.39, 0.29) is 5.41 Å². The maximum absolute atomic E-state index is 5.00. The zero-order valence-electron chi connectivity index (χ0n) is 16.4. The van der Waals surface area contributed by atoms with E-state index in [1.807, 2.05) is 6.07 Å². The van der Waals surface area contributed by atoms with Gasteiger partial charge in [0.1, 0.15) is 5.82 Å². The van der Waals surface area contributed by atoms with Gasteiger partial charge >= 0.3 is 0 Å². The van der Waals surface area contributed by atoms with Gasteiger partial charge in [0.25, 0.3) is 0 Å². The van der Waals surface area contributed by atoms with Gasteiger partial charge in [-0.3, -0.25) is 0 Å². The third-order valence-electron chi connectivity index (χ3n) is 5.29. The van der Waals surface area contributed by atoms with Gasteiger partial charge in [0.05, 0.1) is 11.2 Å². The average molecular weight is 362 g/mol. The highest BCUT2D eigenvalue weighted by atomic mass is 14.9. The maximum Gasteiger partial charge on any atom is 0.135 e. The molecule has 5 rings (SSSR count). The molecule has 1 aromatic heterocycles. The Kier molecular flexibility index (Phi) is 3.70. The fourth-order valence-corrected chi connectivity index (χ4v) is 3.79. The molecule has 0 fully saturated rings. The largest absolute Gasteiger partial charge is 0.232 e. The Morgan fingerprint density at radius 2 is 1.29 bits per heavy atom. The molecule has 0 N–H and O–H groups in total. The number of aromatic nitrogens is 2. The van der Waals surface area contributed by atoms with Crippen molar-refractivity contribution in [1.82, 2.24) is 9.97 Å².